The summed E-state index contributed by atoms with van der Waals surface area (Å²) in [6, 6.07) is 13.5. The van der Waals surface area contributed by atoms with E-state index in [4.69, 9.17) is 9.98 Å². The molecule has 0 N–H and O–H groups in total. The minimum Gasteiger partial charge on any atom is -0.252 e. The fourth-order valence-corrected chi connectivity index (χ4v) is 4.30. The smallest absolute Gasteiger partial charge is 0.0702 e. The number of rotatable bonds is 7. The maximum absolute atomic E-state index is 5.34. The third-order valence-corrected chi connectivity index (χ3v) is 6.45. The van der Waals surface area contributed by atoms with Gasteiger partial charge in [0.25, 0.3) is 0 Å². The summed E-state index contributed by atoms with van der Waals surface area (Å²) in [5, 5.41) is 0. The average molecular weight is 519 g/mol. The van der Waals surface area contributed by atoms with Crippen LogP contribution >= 0.6 is 0 Å². The summed E-state index contributed by atoms with van der Waals surface area (Å²) in [7, 11) is 0. The van der Waals surface area contributed by atoms with Gasteiger partial charge in [-0.2, -0.15) is 0 Å². The Balaban J connectivity index is 0.00000612. The Bertz CT molecular complexity index is 1020. The Labute approximate surface area is 226 Å². The van der Waals surface area contributed by atoms with Gasteiger partial charge in [0.15, 0.2) is 0 Å². The molecule has 0 aliphatic rings. The van der Waals surface area contributed by atoms with Crippen LogP contribution < -0.4 is 0 Å². The number of para-hydroxylation sites is 1. The molecule has 0 atom stereocenters. The van der Waals surface area contributed by atoms with Crippen LogP contribution in [0.3, 0.4) is 0 Å². The molecule has 2 aromatic rings. The van der Waals surface area contributed by atoms with E-state index in [1.54, 1.807) is 0 Å². The number of aliphatic imine (C=N–C) groups is 2. The van der Waals surface area contributed by atoms with Crippen LogP contribution in [0.5, 0.6) is 0 Å². The summed E-state index contributed by atoms with van der Waals surface area (Å²) in [5.41, 5.74) is 9.66. The van der Waals surface area contributed by atoms with E-state index in [-0.39, 0.29) is 27.3 Å². The Morgan fingerprint density at radius 1 is 0.800 bits per heavy atom. The van der Waals surface area contributed by atoms with Crippen molar-refractivity contribution in [1.29, 1.82) is 0 Å². The predicted molar refractivity (Wildman–Crippen MR) is 153 cm³/mol. The van der Waals surface area contributed by atoms with Crippen LogP contribution in [0.1, 0.15) is 130 Å². The molecule has 0 heterocycles. The van der Waals surface area contributed by atoms with Crippen molar-refractivity contribution in [3.63, 3.8) is 0 Å². The number of benzene rings is 2. The van der Waals surface area contributed by atoms with Crippen LogP contribution in [0, 0.1) is 0 Å². The molecule has 0 fully saturated rings. The second-order valence-electron chi connectivity index (χ2n) is 12.3. The van der Waals surface area contributed by atoms with Gasteiger partial charge >= 0.3 is 0 Å². The van der Waals surface area contributed by atoms with Gasteiger partial charge in [0.2, 0.25) is 0 Å². The zero-order valence-electron chi connectivity index (χ0n) is 24.2. The van der Waals surface area contributed by atoms with E-state index in [1.807, 2.05) is 0 Å². The van der Waals surface area contributed by atoms with Crippen LogP contribution in [-0.2, 0) is 27.3 Å². The summed E-state index contributed by atoms with van der Waals surface area (Å²) in [4.78, 5) is 10.6. The van der Waals surface area contributed by atoms with Crippen molar-refractivity contribution >= 4 is 22.8 Å². The Morgan fingerprint density at radius 3 is 1.77 bits per heavy atom. The molecule has 0 saturated carbocycles. The van der Waals surface area contributed by atoms with Gasteiger partial charge in [0, 0.05) is 16.5 Å². The number of hydrogen-bond donors (Lipinski definition) is 0. The van der Waals surface area contributed by atoms with E-state index in [2.05, 4.69) is 119 Å². The molecule has 35 heavy (non-hydrogen) atoms. The van der Waals surface area contributed by atoms with Crippen molar-refractivity contribution in [2.45, 2.75) is 119 Å². The van der Waals surface area contributed by atoms with Crippen molar-refractivity contribution in [1.82, 2.24) is 0 Å². The quantitative estimate of drug-likeness (QED) is 0.257. The van der Waals surface area contributed by atoms with Crippen molar-refractivity contribution < 1.29 is 16.5 Å². The minimum atomic E-state index is 0. The van der Waals surface area contributed by atoms with Gasteiger partial charge < -0.3 is 0 Å². The molecule has 0 bridgehead atoms. The molecule has 0 spiro atoms. The SMILES string of the molecule is CCCC(=Nc1c(C(C)C)cccc1C(C)C)C(C)=Nc1cc(C(C)(C)C)ccc1C(C)(C)C.[Ni]. The van der Waals surface area contributed by atoms with Gasteiger partial charge in [-0.15, -0.1) is 0 Å². The molecular formula is C32H48N2Ni. The van der Waals surface area contributed by atoms with Gasteiger partial charge in [-0.05, 0) is 64.3 Å². The summed E-state index contributed by atoms with van der Waals surface area (Å²) in [6.07, 6.45) is 1.96. The largest absolute Gasteiger partial charge is 0.252 e. The first kappa shape index (κ1) is 31.3. The monoisotopic (exact) mass is 518 g/mol. The zero-order chi connectivity index (χ0) is 25.8. The van der Waals surface area contributed by atoms with E-state index < -0.39 is 0 Å². The maximum atomic E-state index is 5.34. The molecular weight excluding hydrogens is 471 g/mol. The first-order valence-corrected chi connectivity index (χ1v) is 13.1. The topological polar surface area (TPSA) is 24.7 Å². The Kier molecular flexibility index (Phi) is 11.2. The number of hydrogen-bond acceptors (Lipinski definition) is 2. The third-order valence-electron chi connectivity index (χ3n) is 6.45. The summed E-state index contributed by atoms with van der Waals surface area (Å²) < 4.78 is 0. The Morgan fingerprint density at radius 2 is 1.34 bits per heavy atom. The first-order valence-electron chi connectivity index (χ1n) is 13.1. The van der Waals surface area contributed by atoms with Crippen molar-refractivity contribution in [2.24, 2.45) is 9.98 Å². The van der Waals surface area contributed by atoms with Crippen molar-refractivity contribution in [2.75, 3.05) is 0 Å². The van der Waals surface area contributed by atoms with E-state index in [0.29, 0.717) is 11.8 Å². The van der Waals surface area contributed by atoms with E-state index in [9.17, 15) is 0 Å². The van der Waals surface area contributed by atoms with Crippen LogP contribution in [0.4, 0.5) is 11.4 Å². The average Bonchev–Trinajstić information content (AvgIpc) is 2.71. The van der Waals surface area contributed by atoms with Crippen LogP contribution in [0.15, 0.2) is 46.4 Å². The standard InChI is InChI=1S/C32H48N2.Ni/c1-13-15-28(34-30-25(21(2)3)16-14-17-26(30)22(4)5)23(6)33-29-20-24(31(7,8)9)18-19-27(29)32(10,11)12;/h14,16-22H,13,15H2,1-12H3;. The van der Waals surface area contributed by atoms with E-state index >= 15 is 0 Å². The number of nitrogens with zero attached hydrogens (tertiary/aromatic N) is 2. The molecule has 0 unspecified atom stereocenters. The fraction of sp³-hybridized carbons (Fsp3) is 0.562. The zero-order valence-corrected chi connectivity index (χ0v) is 25.2. The molecule has 0 aliphatic carbocycles. The molecule has 2 aromatic carbocycles. The van der Waals surface area contributed by atoms with Gasteiger partial charge in [-0.25, -0.2) is 0 Å². The first-order chi connectivity index (χ1) is 15.7. The van der Waals surface area contributed by atoms with Gasteiger partial charge in [-0.3, -0.25) is 9.98 Å². The molecule has 0 saturated heterocycles. The van der Waals surface area contributed by atoms with Crippen molar-refractivity contribution in [3.05, 3.63) is 58.7 Å². The predicted octanol–water partition coefficient (Wildman–Crippen LogP) is 10.2. The van der Waals surface area contributed by atoms with Crippen LogP contribution in [-0.4, -0.2) is 11.4 Å². The molecule has 0 radical (unpaired) electrons. The Hall–Kier alpha value is -1.73. The van der Waals surface area contributed by atoms with Gasteiger partial charge in [-0.1, -0.05) is 113 Å². The molecule has 0 aromatic heterocycles. The summed E-state index contributed by atoms with van der Waals surface area (Å²) in [5.74, 6) is 0.849. The van der Waals surface area contributed by atoms with E-state index in [1.165, 1.54) is 22.3 Å². The molecule has 3 heteroatoms. The normalized spacial score (nSPS) is 13.4. The molecule has 2 nitrogen and oxygen atoms in total. The second kappa shape index (κ2) is 12.5. The third kappa shape index (κ3) is 8.14. The van der Waals surface area contributed by atoms with Crippen LogP contribution in [0.2, 0.25) is 0 Å². The molecule has 2 rings (SSSR count). The second-order valence-corrected chi connectivity index (χ2v) is 12.3. The van der Waals surface area contributed by atoms with Gasteiger partial charge in [0.05, 0.1) is 22.8 Å². The summed E-state index contributed by atoms with van der Waals surface area (Å²) in [6.45, 7) is 27.0. The maximum Gasteiger partial charge on any atom is 0.0702 e. The molecule has 0 amide bonds. The molecule has 196 valence electrons. The van der Waals surface area contributed by atoms with E-state index in [0.717, 1.165) is 35.6 Å². The fourth-order valence-electron chi connectivity index (χ4n) is 4.30. The van der Waals surface area contributed by atoms with Gasteiger partial charge in [0.1, 0.15) is 0 Å². The van der Waals surface area contributed by atoms with Crippen LogP contribution in [0.25, 0.3) is 0 Å². The van der Waals surface area contributed by atoms with Crippen molar-refractivity contribution in [3.8, 4) is 0 Å². The minimum absolute atomic E-state index is 0. The molecule has 0 aliphatic heterocycles. The summed E-state index contributed by atoms with van der Waals surface area (Å²) >= 11 is 0.